The number of ether oxygens (including phenoxy) is 2. The van der Waals surface area contributed by atoms with E-state index >= 15 is 0 Å². The maximum absolute atomic E-state index is 12.6. The van der Waals surface area contributed by atoms with Gasteiger partial charge in [-0.25, -0.2) is 9.48 Å². The summed E-state index contributed by atoms with van der Waals surface area (Å²) in [5, 5.41) is 8.15. The topological polar surface area (TPSA) is 74.6 Å². The molecule has 4 rings (SSSR count). The van der Waals surface area contributed by atoms with Crippen LogP contribution in [0.3, 0.4) is 0 Å². The Labute approximate surface area is 212 Å². The van der Waals surface area contributed by atoms with E-state index in [4.69, 9.17) is 30.6 Å². The highest BCUT2D eigenvalue weighted by molar-refractivity contribution is 6.74. The van der Waals surface area contributed by atoms with Gasteiger partial charge < -0.3 is 13.9 Å². The predicted octanol–water partition coefficient (Wildman–Crippen LogP) is 6.81. The molecule has 9 heteroatoms. The zero-order chi connectivity index (χ0) is 25.4. The molecule has 0 radical (unpaired) electrons. The lowest BCUT2D eigenvalue weighted by Crippen LogP contribution is -2.44. The molecule has 1 aliphatic rings. The van der Waals surface area contributed by atoms with E-state index in [1.54, 1.807) is 35.0 Å². The van der Waals surface area contributed by atoms with Crippen LogP contribution >= 0.6 is 11.6 Å². The molecule has 1 aliphatic heterocycles. The Hall–Kier alpha value is -2.81. The Kier molecular flexibility index (Phi) is 6.74. The van der Waals surface area contributed by atoms with E-state index in [-0.39, 0.29) is 10.5 Å². The van der Waals surface area contributed by atoms with Crippen molar-refractivity contribution in [1.82, 2.24) is 9.78 Å². The first-order chi connectivity index (χ1) is 16.4. The molecule has 1 fully saturated rings. The molecule has 7 nitrogen and oxygen atoms in total. The number of nitrogens with one attached hydrogen (secondary N) is 1. The monoisotopic (exact) mass is 513 g/mol. The molecular formula is C26H32ClN3O4Si. The minimum Gasteiger partial charge on any atom is -0.543 e. The quantitative estimate of drug-likeness (QED) is 0.366. The number of benzene rings is 2. The summed E-state index contributed by atoms with van der Waals surface area (Å²) in [5.41, 5.74) is 1.29. The van der Waals surface area contributed by atoms with E-state index in [9.17, 15) is 4.79 Å². The largest absolute Gasteiger partial charge is 0.543 e. The van der Waals surface area contributed by atoms with Gasteiger partial charge in [0.1, 0.15) is 17.3 Å². The van der Waals surface area contributed by atoms with Crippen molar-refractivity contribution in [1.29, 1.82) is 0 Å². The number of carbonyl (C=O) groups is 1. The lowest BCUT2D eigenvalue weighted by molar-refractivity contribution is -0.0522. The van der Waals surface area contributed by atoms with Crippen molar-refractivity contribution >= 4 is 31.8 Å². The van der Waals surface area contributed by atoms with Crippen LogP contribution in [0.15, 0.2) is 54.6 Å². The average molecular weight is 514 g/mol. The van der Waals surface area contributed by atoms with Gasteiger partial charge in [-0.2, -0.15) is 5.10 Å². The molecule has 0 atom stereocenters. The van der Waals surface area contributed by atoms with Gasteiger partial charge in [-0.1, -0.05) is 50.6 Å². The summed E-state index contributed by atoms with van der Waals surface area (Å²) in [6, 6.07) is 16.3. The minimum atomic E-state index is -2.06. The van der Waals surface area contributed by atoms with E-state index in [2.05, 4.69) is 46.1 Å². The Morgan fingerprint density at radius 2 is 1.83 bits per heavy atom. The van der Waals surface area contributed by atoms with Crippen molar-refractivity contribution in [2.45, 2.75) is 51.2 Å². The Morgan fingerprint density at radius 3 is 2.40 bits per heavy atom. The highest BCUT2D eigenvalue weighted by Gasteiger charge is 2.40. The summed E-state index contributed by atoms with van der Waals surface area (Å²) in [6.07, 6.45) is -0.608. The fourth-order valence-corrected chi connectivity index (χ4v) is 4.69. The van der Waals surface area contributed by atoms with E-state index in [1.165, 1.54) is 0 Å². The second-order valence-electron chi connectivity index (χ2n) is 10.7. The maximum Gasteiger partial charge on any atom is 0.418 e. The van der Waals surface area contributed by atoms with Gasteiger partial charge in [0, 0.05) is 6.07 Å². The summed E-state index contributed by atoms with van der Waals surface area (Å²) >= 11 is 6.66. The lowest BCUT2D eigenvalue weighted by Gasteiger charge is -2.36. The van der Waals surface area contributed by atoms with Crippen LogP contribution < -0.4 is 14.5 Å². The highest BCUT2D eigenvalue weighted by atomic mass is 35.5. The van der Waals surface area contributed by atoms with Crippen molar-refractivity contribution in [2.24, 2.45) is 0 Å². The van der Waals surface area contributed by atoms with Crippen molar-refractivity contribution in [3.8, 4) is 17.2 Å². The first-order valence-electron chi connectivity index (χ1n) is 11.6. The first-order valence-corrected chi connectivity index (χ1v) is 14.9. The van der Waals surface area contributed by atoms with Gasteiger partial charge in [0.15, 0.2) is 0 Å². The number of rotatable bonds is 6. The number of hydrogen-bond donors (Lipinski definition) is 1. The molecule has 1 saturated heterocycles. The van der Waals surface area contributed by atoms with E-state index < -0.39 is 14.4 Å². The first kappa shape index (κ1) is 25.3. The number of carbonyl (C=O) groups excluding carboxylic acids is 1. The summed E-state index contributed by atoms with van der Waals surface area (Å²) in [5.74, 6) is 1.57. The van der Waals surface area contributed by atoms with Crippen molar-refractivity contribution in [2.75, 3.05) is 18.5 Å². The third-order valence-corrected chi connectivity index (χ3v) is 11.3. The molecule has 0 spiro atoms. The van der Waals surface area contributed by atoms with Crippen molar-refractivity contribution in [3.63, 3.8) is 0 Å². The Morgan fingerprint density at radius 1 is 1.14 bits per heavy atom. The zero-order valence-electron chi connectivity index (χ0n) is 21.0. The molecule has 0 bridgehead atoms. The molecule has 0 saturated carbocycles. The molecule has 1 N–H and O–H groups in total. The molecule has 1 amide bonds. The Bertz CT molecular complexity index is 1220. The second kappa shape index (κ2) is 9.33. The van der Waals surface area contributed by atoms with Crippen LogP contribution in [0.1, 0.15) is 33.4 Å². The van der Waals surface area contributed by atoms with Crippen LogP contribution in [-0.2, 0) is 10.2 Å². The molecule has 3 aromatic rings. The zero-order valence-corrected chi connectivity index (χ0v) is 22.8. The number of para-hydroxylation sites is 1. The molecule has 35 heavy (non-hydrogen) atoms. The maximum atomic E-state index is 12.6. The van der Waals surface area contributed by atoms with Crippen molar-refractivity contribution in [3.05, 3.63) is 65.3 Å². The summed E-state index contributed by atoms with van der Waals surface area (Å²) < 4.78 is 18.9. The fraction of sp³-hybridized carbons (Fsp3) is 0.385. The van der Waals surface area contributed by atoms with Crippen LogP contribution in [0.5, 0.6) is 11.5 Å². The third kappa shape index (κ3) is 5.39. The molecule has 0 unspecified atom stereocenters. The number of anilines is 1. The molecule has 1 aromatic heterocycles. The van der Waals surface area contributed by atoms with Crippen LogP contribution in [0, 0.1) is 0 Å². The second-order valence-corrected chi connectivity index (χ2v) is 15.8. The minimum absolute atomic E-state index is 0.0440. The van der Waals surface area contributed by atoms with Gasteiger partial charge in [0.2, 0.25) is 0 Å². The molecule has 186 valence electrons. The van der Waals surface area contributed by atoms with E-state index in [0.717, 1.165) is 5.69 Å². The van der Waals surface area contributed by atoms with Gasteiger partial charge >= 0.3 is 6.09 Å². The number of hydrogen-bond acceptors (Lipinski definition) is 5. The average Bonchev–Trinajstić information content (AvgIpc) is 3.17. The van der Waals surface area contributed by atoms with Gasteiger partial charge in [-0.15, -0.1) is 0 Å². The summed E-state index contributed by atoms with van der Waals surface area (Å²) in [7, 11) is -2.06. The van der Waals surface area contributed by atoms with Gasteiger partial charge in [-0.05, 0) is 55.4 Å². The number of halogens is 1. The van der Waals surface area contributed by atoms with Crippen molar-refractivity contribution < 1.29 is 18.7 Å². The van der Waals surface area contributed by atoms with Crippen LogP contribution in [0.2, 0.25) is 23.2 Å². The number of amides is 1. The summed E-state index contributed by atoms with van der Waals surface area (Å²) in [6.45, 7) is 14.1. The SMILES string of the molecule is CC1(c2cc(NC(=O)Oc3ccccc3)n(-c3ccc(O[Si](C)(C)C(C)(C)C)c(Cl)c3)n2)COC1. The highest BCUT2D eigenvalue weighted by Crippen LogP contribution is 2.40. The standard InChI is InChI=1S/C26H32ClN3O4Si/c1-25(2,3)35(5,6)34-21-13-12-18(14-20(21)27)30-23(15-22(29-30)26(4)16-32-17-26)28-24(31)33-19-10-8-7-9-11-19/h7-15H,16-17H2,1-6H3,(H,28,31). The molecule has 2 heterocycles. The smallest absolute Gasteiger partial charge is 0.418 e. The molecule has 0 aliphatic carbocycles. The van der Waals surface area contributed by atoms with Crippen LogP contribution in [0.4, 0.5) is 10.6 Å². The van der Waals surface area contributed by atoms with Gasteiger partial charge in [-0.3, -0.25) is 5.32 Å². The van der Waals surface area contributed by atoms with Crippen LogP contribution in [0.25, 0.3) is 5.69 Å². The van der Waals surface area contributed by atoms with Gasteiger partial charge in [0.05, 0.1) is 35.0 Å². The Balaban J connectivity index is 1.64. The lowest BCUT2D eigenvalue weighted by atomic mass is 9.85. The molecule has 2 aromatic carbocycles. The fourth-order valence-electron chi connectivity index (χ4n) is 3.38. The van der Waals surface area contributed by atoms with E-state index in [0.29, 0.717) is 41.2 Å². The number of aromatic nitrogens is 2. The molecular weight excluding hydrogens is 482 g/mol. The third-order valence-electron chi connectivity index (χ3n) is 6.68. The number of nitrogens with zero attached hydrogens (tertiary/aromatic N) is 2. The normalized spacial score (nSPS) is 15.3. The van der Waals surface area contributed by atoms with E-state index in [1.807, 2.05) is 24.3 Å². The van der Waals surface area contributed by atoms with Crippen LogP contribution in [-0.4, -0.2) is 37.4 Å². The van der Waals surface area contributed by atoms with Gasteiger partial charge in [0.25, 0.3) is 8.32 Å². The predicted molar refractivity (Wildman–Crippen MR) is 141 cm³/mol. The summed E-state index contributed by atoms with van der Waals surface area (Å²) in [4.78, 5) is 12.6.